The molecule has 1 aliphatic heterocycles. The molecule has 0 amide bonds. The van der Waals surface area contributed by atoms with E-state index in [0.717, 1.165) is 26.2 Å². The van der Waals surface area contributed by atoms with Gasteiger partial charge in [-0.2, -0.15) is 4.98 Å². The standard InChI is InChI=1S/C14H20N8OS/c1-21-3-5-22(6-4-21)13-17-8-9(12(20-13)23-2)24-14-18-10(15)7-11(16)19-14/h7-8H,3-6H2,1-2H3,(H4,15,16,18,19). The van der Waals surface area contributed by atoms with Crippen molar-refractivity contribution < 1.29 is 4.74 Å². The first kappa shape index (κ1) is 16.5. The molecule has 0 aromatic carbocycles. The van der Waals surface area contributed by atoms with Crippen LogP contribution in [0.4, 0.5) is 17.6 Å². The van der Waals surface area contributed by atoms with E-state index in [-0.39, 0.29) is 0 Å². The molecular formula is C14H20N8OS. The van der Waals surface area contributed by atoms with Gasteiger partial charge in [-0.15, -0.1) is 0 Å². The van der Waals surface area contributed by atoms with Crippen molar-refractivity contribution in [1.29, 1.82) is 0 Å². The Morgan fingerprint density at radius 1 is 1.08 bits per heavy atom. The minimum absolute atomic E-state index is 0.318. The summed E-state index contributed by atoms with van der Waals surface area (Å²) in [6.45, 7) is 3.75. The van der Waals surface area contributed by atoms with Crippen molar-refractivity contribution in [2.45, 2.75) is 10.1 Å². The van der Waals surface area contributed by atoms with E-state index in [1.54, 1.807) is 13.3 Å². The Kier molecular flexibility index (Phi) is 4.86. The van der Waals surface area contributed by atoms with Crippen LogP contribution in [0, 0.1) is 0 Å². The first-order valence-electron chi connectivity index (χ1n) is 7.47. The van der Waals surface area contributed by atoms with Gasteiger partial charge in [0.15, 0.2) is 5.16 Å². The molecular weight excluding hydrogens is 328 g/mol. The maximum Gasteiger partial charge on any atom is 0.232 e. The molecule has 3 heterocycles. The van der Waals surface area contributed by atoms with Crippen LogP contribution in [0.1, 0.15) is 0 Å². The molecule has 0 bridgehead atoms. The first-order chi connectivity index (χ1) is 11.5. The minimum atomic E-state index is 0.318. The lowest BCUT2D eigenvalue weighted by Gasteiger charge is -2.32. The molecule has 1 aliphatic rings. The zero-order valence-electron chi connectivity index (χ0n) is 13.6. The highest BCUT2D eigenvalue weighted by Crippen LogP contribution is 2.33. The average Bonchev–Trinajstić information content (AvgIpc) is 2.55. The maximum absolute atomic E-state index is 5.70. The summed E-state index contributed by atoms with van der Waals surface area (Å²) in [5.41, 5.74) is 11.4. The topological polar surface area (TPSA) is 119 Å². The van der Waals surface area contributed by atoms with Crippen LogP contribution in [0.15, 0.2) is 22.3 Å². The molecule has 128 valence electrons. The monoisotopic (exact) mass is 348 g/mol. The highest BCUT2D eigenvalue weighted by atomic mass is 32.2. The number of anilines is 3. The van der Waals surface area contributed by atoms with E-state index in [1.807, 2.05) is 0 Å². The molecule has 0 spiro atoms. The van der Waals surface area contributed by atoms with Crippen molar-refractivity contribution in [2.75, 3.05) is 56.7 Å². The Morgan fingerprint density at radius 2 is 1.75 bits per heavy atom. The van der Waals surface area contributed by atoms with Crippen LogP contribution in [0.5, 0.6) is 5.88 Å². The van der Waals surface area contributed by atoms with Gasteiger partial charge in [0.2, 0.25) is 11.8 Å². The van der Waals surface area contributed by atoms with Crippen LogP contribution >= 0.6 is 11.8 Å². The fourth-order valence-corrected chi connectivity index (χ4v) is 3.15. The van der Waals surface area contributed by atoms with E-state index in [9.17, 15) is 0 Å². The number of ether oxygens (including phenoxy) is 1. The zero-order chi connectivity index (χ0) is 17.1. The predicted molar refractivity (Wildman–Crippen MR) is 93.3 cm³/mol. The highest BCUT2D eigenvalue weighted by Gasteiger charge is 2.19. The number of aromatic nitrogens is 4. The van der Waals surface area contributed by atoms with Gasteiger partial charge < -0.3 is 26.0 Å². The molecule has 4 N–H and O–H groups in total. The van der Waals surface area contributed by atoms with E-state index >= 15 is 0 Å². The molecule has 1 saturated heterocycles. The summed E-state index contributed by atoms with van der Waals surface area (Å²) >= 11 is 1.26. The summed E-state index contributed by atoms with van der Waals surface area (Å²) < 4.78 is 5.40. The summed E-state index contributed by atoms with van der Waals surface area (Å²) in [5.74, 6) is 1.78. The second-order valence-corrected chi connectivity index (χ2v) is 6.45. The third-order valence-electron chi connectivity index (χ3n) is 3.64. The molecule has 2 aromatic heterocycles. The van der Waals surface area contributed by atoms with E-state index in [0.29, 0.717) is 33.5 Å². The van der Waals surface area contributed by atoms with Crippen molar-refractivity contribution in [3.63, 3.8) is 0 Å². The predicted octanol–water partition coefficient (Wildman–Crippen LogP) is 0.343. The number of rotatable bonds is 4. The molecule has 10 heteroatoms. The van der Waals surface area contributed by atoms with Gasteiger partial charge in [0.25, 0.3) is 0 Å². The summed E-state index contributed by atoms with van der Waals surface area (Å²) in [5, 5.41) is 0.432. The van der Waals surface area contributed by atoms with E-state index in [4.69, 9.17) is 16.2 Å². The minimum Gasteiger partial charge on any atom is -0.480 e. The largest absolute Gasteiger partial charge is 0.480 e. The van der Waals surface area contributed by atoms with Crippen molar-refractivity contribution in [2.24, 2.45) is 0 Å². The van der Waals surface area contributed by atoms with Gasteiger partial charge in [-0.3, -0.25) is 0 Å². The lowest BCUT2D eigenvalue weighted by molar-refractivity contribution is 0.310. The van der Waals surface area contributed by atoms with Crippen LogP contribution < -0.4 is 21.1 Å². The van der Waals surface area contributed by atoms with Crippen LogP contribution in [-0.2, 0) is 0 Å². The number of piperazine rings is 1. The van der Waals surface area contributed by atoms with Crippen molar-refractivity contribution in [3.8, 4) is 5.88 Å². The van der Waals surface area contributed by atoms with E-state index in [2.05, 4.69) is 36.8 Å². The lowest BCUT2D eigenvalue weighted by Crippen LogP contribution is -2.45. The molecule has 9 nitrogen and oxygen atoms in total. The molecule has 24 heavy (non-hydrogen) atoms. The van der Waals surface area contributed by atoms with Crippen molar-refractivity contribution >= 4 is 29.3 Å². The van der Waals surface area contributed by atoms with Gasteiger partial charge in [0.1, 0.15) is 11.6 Å². The molecule has 3 rings (SSSR count). The smallest absolute Gasteiger partial charge is 0.232 e. The number of hydrogen-bond donors (Lipinski definition) is 2. The summed E-state index contributed by atoms with van der Waals surface area (Å²) in [6, 6.07) is 1.51. The van der Waals surface area contributed by atoms with Crippen LogP contribution in [0.2, 0.25) is 0 Å². The fourth-order valence-electron chi connectivity index (χ4n) is 2.33. The Morgan fingerprint density at radius 3 is 2.38 bits per heavy atom. The molecule has 0 unspecified atom stereocenters. The van der Waals surface area contributed by atoms with Gasteiger partial charge in [0, 0.05) is 32.2 Å². The highest BCUT2D eigenvalue weighted by molar-refractivity contribution is 7.99. The molecule has 0 saturated carbocycles. The number of hydrogen-bond acceptors (Lipinski definition) is 10. The number of nitrogen functional groups attached to an aromatic ring is 2. The first-order valence-corrected chi connectivity index (χ1v) is 8.29. The van der Waals surface area contributed by atoms with Gasteiger partial charge >= 0.3 is 0 Å². The summed E-state index contributed by atoms with van der Waals surface area (Å²) in [7, 11) is 3.69. The fraction of sp³-hybridized carbons (Fsp3) is 0.429. The van der Waals surface area contributed by atoms with Crippen LogP contribution in [0.3, 0.4) is 0 Å². The Balaban J connectivity index is 1.81. The Bertz CT molecular complexity index is 700. The Hall–Kier alpha value is -2.33. The average molecular weight is 348 g/mol. The van der Waals surface area contributed by atoms with E-state index in [1.165, 1.54) is 17.8 Å². The SMILES string of the molecule is COc1nc(N2CCN(C)CC2)ncc1Sc1nc(N)cc(N)n1. The van der Waals surface area contributed by atoms with Crippen molar-refractivity contribution in [3.05, 3.63) is 12.3 Å². The maximum atomic E-state index is 5.70. The second kappa shape index (κ2) is 7.05. The Labute approximate surface area is 144 Å². The number of likely N-dealkylation sites (N-methyl/N-ethyl adjacent to an activating group) is 1. The molecule has 2 aromatic rings. The van der Waals surface area contributed by atoms with Gasteiger partial charge in [-0.1, -0.05) is 0 Å². The summed E-state index contributed by atoms with van der Waals surface area (Å²) in [6.07, 6.45) is 1.72. The molecule has 0 atom stereocenters. The van der Waals surface area contributed by atoms with Crippen LogP contribution in [0.25, 0.3) is 0 Å². The third kappa shape index (κ3) is 3.77. The summed E-state index contributed by atoms with van der Waals surface area (Å²) in [4.78, 5) is 22.4. The number of methoxy groups -OCH3 is 1. The lowest BCUT2D eigenvalue weighted by atomic mass is 10.3. The van der Waals surface area contributed by atoms with E-state index < -0.39 is 0 Å². The molecule has 0 radical (unpaired) electrons. The van der Waals surface area contributed by atoms with Gasteiger partial charge in [-0.05, 0) is 18.8 Å². The van der Waals surface area contributed by atoms with Gasteiger partial charge in [0.05, 0.1) is 18.2 Å². The number of nitrogens with two attached hydrogens (primary N) is 2. The molecule has 0 aliphatic carbocycles. The normalized spacial score (nSPS) is 15.5. The molecule has 1 fully saturated rings. The third-order valence-corrected chi connectivity index (χ3v) is 4.50. The van der Waals surface area contributed by atoms with Gasteiger partial charge in [-0.25, -0.2) is 15.0 Å². The van der Waals surface area contributed by atoms with Crippen LogP contribution in [-0.4, -0.2) is 65.2 Å². The zero-order valence-corrected chi connectivity index (χ0v) is 14.5. The van der Waals surface area contributed by atoms with Crippen molar-refractivity contribution in [1.82, 2.24) is 24.8 Å². The second-order valence-electron chi connectivity index (χ2n) is 5.44. The number of nitrogens with zero attached hydrogens (tertiary/aromatic N) is 6. The quantitative estimate of drug-likeness (QED) is 0.748.